The van der Waals surface area contributed by atoms with E-state index in [0.29, 0.717) is 25.4 Å². The number of aromatic nitrogens is 2. The van der Waals surface area contributed by atoms with Crippen LogP contribution >= 0.6 is 0 Å². The van der Waals surface area contributed by atoms with E-state index in [1.54, 1.807) is 12.5 Å². The molecular formula is C18H31N5O2. The summed E-state index contributed by atoms with van der Waals surface area (Å²) in [5, 5.41) is 9.77. The van der Waals surface area contributed by atoms with Crippen LogP contribution in [-0.2, 0) is 11.3 Å². The summed E-state index contributed by atoms with van der Waals surface area (Å²) in [7, 11) is 2.18. The maximum atomic E-state index is 12.5. The van der Waals surface area contributed by atoms with Gasteiger partial charge in [0, 0.05) is 70.6 Å². The van der Waals surface area contributed by atoms with E-state index in [1.807, 2.05) is 15.7 Å². The summed E-state index contributed by atoms with van der Waals surface area (Å²) in [5.41, 5.74) is 0. The number of likely N-dealkylation sites (tertiary alicyclic amines) is 1. The highest BCUT2D eigenvalue weighted by molar-refractivity contribution is 5.76. The predicted octanol–water partition coefficient (Wildman–Crippen LogP) is -0.0224. The van der Waals surface area contributed by atoms with Gasteiger partial charge in [-0.25, -0.2) is 4.98 Å². The quantitative estimate of drug-likeness (QED) is 0.782. The fourth-order valence-electron chi connectivity index (χ4n) is 3.97. The van der Waals surface area contributed by atoms with E-state index in [4.69, 9.17) is 0 Å². The van der Waals surface area contributed by atoms with Gasteiger partial charge in [0.25, 0.3) is 0 Å². The van der Waals surface area contributed by atoms with Crippen molar-refractivity contribution in [3.05, 3.63) is 18.7 Å². The van der Waals surface area contributed by atoms with Crippen LogP contribution in [0.3, 0.4) is 0 Å². The number of aryl methyl sites for hydroxylation is 1. The zero-order chi connectivity index (χ0) is 17.6. The van der Waals surface area contributed by atoms with Gasteiger partial charge < -0.3 is 24.4 Å². The molecule has 25 heavy (non-hydrogen) atoms. The molecule has 2 saturated heterocycles. The van der Waals surface area contributed by atoms with Gasteiger partial charge in [-0.15, -0.1) is 0 Å². The minimum absolute atomic E-state index is 0.170. The number of rotatable bonds is 6. The Bertz CT molecular complexity index is 536. The van der Waals surface area contributed by atoms with Crippen molar-refractivity contribution in [3.8, 4) is 0 Å². The normalized spacial score (nSPS) is 26.1. The van der Waals surface area contributed by atoms with Crippen molar-refractivity contribution in [2.45, 2.75) is 19.4 Å². The molecule has 0 aliphatic carbocycles. The fraction of sp³-hybridized carbons (Fsp3) is 0.778. The Morgan fingerprint density at radius 1 is 1.20 bits per heavy atom. The molecular weight excluding hydrogens is 318 g/mol. The summed E-state index contributed by atoms with van der Waals surface area (Å²) in [6.07, 6.45) is 7.05. The number of likely N-dealkylation sites (N-methyl/N-ethyl adjacent to an activating group) is 1. The predicted molar refractivity (Wildman–Crippen MR) is 96.0 cm³/mol. The van der Waals surface area contributed by atoms with E-state index in [0.717, 1.165) is 39.3 Å². The average Bonchev–Trinajstić information content (AvgIpc) is 3.22. The van der Waals surface area contributed by atoms with Gasteiger partial charge in [0.1, 0.15) is 0 Å². The van der Waals surface area contributed by atoms with Crippen LogP contribution in [0, 0.1) is 11.8 Å². The minimum atomic E-state index is 0.170. The van der Waals surface area contributed by atoms with Crippen molar-refractivity contribution in [2.75, 3.05) is 59.5 Å². The molecule has 1 N–H and O–H groups in total. The van der Waals surface area contributed by atoms with E-state index in [1.165, 1.54) is 6.42 Å². The van der Waals surface area contributed by atoms with Crippen molar-refractivity contribution >= 4 is 5.91 Å². The van der Waals surface area contributed by atoms with Gasteiger partial charge in [0.15, 0.2) is 0 Å². The van der Waals surface area contributed by atoms with E-state index >= 15 is 0 Å². The maximum absolute atomic E-state index is 12.5. The first-order valence-corrected chi connectivity index (χ1v) is 9.41. The van der Waals surface area contributed by atoms with Crippen LogP contribution in [-0.4, -0.2) is 94.7 Å². The first-order chi connectivity index (χ1) is 12.2. The number of amides is 1. The third-order valence-electron chi connectivity index (χ3n) is 5.61. The topological polar surface area (TPSA) is 64.8 Å². The van der Waals surface area contributed by atoms with Crippen LogP contribution in [0.2, 0.25) is 0 Å². The van der Waals surface area contributed by atoms with Crippen molar-refractivity contribution in [1.29, 1.82) is 0 Å². The van der Waals surface area contributed by atoms with Crippen LogP contribution in [0.15, 0.2) is 18.7 Å². The van der Waals surface area contributed by atoms with Crippen LogP contribution in [0.1, 0.15) is 12.8 Å². The molecule has 0 spiro atoms. The molecule has 7 heteroatoms. The summed E-state index contributed by atoms with van der Waals surface area (Å²) in [6.45, 7) is 7.76. The Labute approximate surface area is 150 Å². The van der Waals surface area contributed by atoms with Crippen LogP contribution < -0.4 is 0 Å². The molecule has 2 fully saturated rings. The van der Waals surface area contributed by atoms with E-state index in [2.05, 4.69) is 21.8 Å². The van der Waals surface area contributed by atoms with Crippen molar-refractivity contribution in [2.24, 2.45) is 11.8 Å². The summed E-state index contributed by atoms with van der Waals surface area (Å²) in [5.74, 6) is 0.772. The van der Waals surface area contributed by atoms with Gasteiger partial charge in [-0.1, -0.05) is 0 Å². The second kappa shape index (κ2) is 8.78. The Hall–Kier alpha value is -1.44. The molecule has 3 rings (SSSR count). The van der Waals surface area contributed by atoms with Gasteiger partial charge in [0.05, 0.1) is 6.33 Å². The zero-order valence-electron chi connectivity index (χ0n) is 15.3. The lowest BCUT2D eigenvalue weighted by atomic mass is 9.96. The molecule has 0 aromatic carbocycles. The number of aliphatic hydroxyl groups excluding tert-OH is 1. The van der Waals surface area contributed by atoms with Crippen LogP contribution in [0.5, 0.6) is 0 Å². The molecule has 2 aliphatic heterocycles. The molecule has 7 nitrogen and oxygen atoms in total. The molecule has 2 atom stereocenters. The molecule has 3 heterocycles. The highest BCUT2D eigenvalue weighted by Crippen LogP contribution is 2.25. The van der Waals surface area contributed by atoms with Gasteiger partial charge in [-0.05, 0) is 32.5 Å². The minimum Gasteiger partial charge on any atom is -0.396 e. The Morgan fingerprint density at radius 3 is 2.80 bits per heavy atom. The SMILES string of the molecule is CN1CCCN(C[C@@H]2CN(C(=O)CCn3ccnc3)C[C@@H]2CO)CC1. The molecule has 1 aromatic heterocycles. The summed E-state index contributed by atoms with van der Waals surface area (Å²) in [4.78, 5) is 23.4. The average molecular weight is 349 g/mol. The van der Waals surface area contributed by atoms with Crippen molar-refractivity contribution < 1.29 is 9.90 Å². The van der Waals surface area contributed by atoms with Crippen LogP contribution in [0.25, 0.3) is 0 Å². The lowest BCUT2D eigenvalue weighted by Crippen LogP contribution is -2.36. The van der Waals surface area contributed by atoms with Gasteiger partial charge in [-0.3, -0.25) is 4.79 Å². The molecule has 1 amide bonds. The lowest BCUT2D eigenvalue weighted by Gasteiger charge is -2.26. The number of nitrogens with zero attached hydrogens (tertiary/aromatic N) is 5. The summed E-state index contributed by atoms with van der Waals surface area (Å²) in [6, 6.07) is 0. The van der Waals surface area contributed by atoms with E-state index in [-0.39, 0.29) is 18.4 Å². The third kappa shape index (κ3) is 5.03. The van der Waals surface area contributed by atoms with Crippen molar-refractivity contribution in [3.63, 3.8) is 0 Å². The second-order valence-electron chi connectivity index (χ2n) is 7.51. The largest absolute Gasteiger partial charge is 0.396 e. The molecule has 0 saturated carbocycles. The Kier molecular flexibility index (Phi) is 6.45. The Balaban J connectivity index is 1.50. The van der Waals surface area contributed by atoms with Gasteiger partial charge in [-0.2, -0.15) is 0 Å². The number of imidazole rings is 1. The number of hydrogen-bond acceptors (Lipinski definition) is 5. The highest BCUT2D eigenvalue weighted by atomic mass is 16.3. The van der Waals surface area contributed by atoms with Gasteiger partial charge in [0.2, 0.25) is 5.91 Å². The van der Waals surface area contributed by atoms with Crippen LogP contribution in [0.4, 0.5) is 0 Å². The first kappa shape index (κ1) is 18.4. The van der Waals surface area contributed by atoms with E-state index < -0.39 is 0 Å². The fourth-order valence-corrected chi connectivity index (χ4v) is 3.97. The van der Waals surface area contributed by atoms with E-state index in [9.17, 15) is 9.90 Å². The summed E-state index contributed by atoms with van der Waals surface area (Å²) >= 11 is 0. The number of aliphatic hydroxyl groups is 1. The maximum Gasteiger partial charge on any atom is 0.224 e. The number of carbonyl (C=O) groups excluding carboxylic acids is 1. The second-order valence-corrected chi connectivity index (χ2v) is 7.51. The molecule has 1 aromatic rings. The monoisotopic (exact) mass is 349 g/mol. The smallest absolute Gasteiger partial charge is 0.224 e. The molecule has 0 bridgehead atoms. The number of carbonyl (C=O) groups is 1. The standard InChI is InChI=1S/C18H31N5O2/c1-20-5-2-6-21(10-9-20)11-16-12-23(13-17(16)14-24)18(25)3-7-22-8-4-19-15-22/h4,8,15-17,24H,2-3,5-7,9-14H2,1H3/t16-,17-/m1/s1. The molecule has 0 unspecified atom stereocenters. The highest BCUT2D eigenvalue weighted by Gasteiger charge is 2.35. The zero-order valence-corrected chi connectivity index (χ0v) is 15.3. The van der Waals surface area contributed by atoms with Crippen molar-refractivity contribution in [1.82, 2.24) is 24.3 Å². The molecule has 140 valence electrons. The lowest BCUT2D eigenvalue weighted by molar-refractivity contribution is -0.130. The summed E-state index contributed by atoms with van der Waals surface area (Å²) < 4.78 is 1.93. The van der Waals surface area contributed by atoms with Gasteiger partial charge >= 0.3 is 0 Å². The molecule has 2 aliphatic rings. The third-order valence-corrected chi connectivity index (χ3v) is 5.61. The number of hydrogen-bond donors (Lipinski definition) is 1. The molecule has 0 radical (unpaired) electrons. The Morgan fingerprint density at radius 2 is 2.04 bits per heavy atom. The first-order valence-electron chi connectivity index (χ1n) is 9.41.